The normalized spacial score (nSPS) is 15.7. The zero-order chi connectivity index (χ0) is 18.6. The Morgan fingerprint density at radius 2 is 2.15 bits per heavy atom. The number of guanidine groups is 1. The van der Waals surface area contributed by atoms with Gasteiger partial charge in [0.2, 0.25) is 5.88 Å². The molecule has 0 saturated carbocycles. The van der Waals surface area contributed by atoms with Gasteiger partial charge >= 0.3 is 0 Å². The zero-order valence-corrected chi connectivity index (χ0v) is 16.2. The molecule has 1 aliphatic heterocycles. The number of ether oxygens (including phenoxy) is 3. The van der Waals surface area contributed by atoms with Crippen molar-refractivity contribution in [3.63, 3.8) is 0 Å². The second-order valence-electron chi connectivity index (χ2n) is 6.51. The van der Waals surface area contributed by atoms with Gasteiger partial charge in [-0.3, -0.25) is 4.99 Å². The Morgan fingerprint density at radius 1 is 1.35 bits per heavy atom. The highest BCUT2D eigenvalue weighted by Crippen LogP contribution is 2.18. The first-order valence-electron chi connectivity index (χ1n) is 9.29. The van der Waals surface area contributed by atoms with E-state index in [4.69, 9.17) is 14.2 Å². The predicted molar refractivity (Wildman–Crippen MR) is 103 cm³/mol. The number of hydrogen-bond acceptors (Lipinski definition) is 5. The lowest BCUT2D eigenvalue weighted by molar-refractivity contribution is 0.0625. The second kappa shape index (κ2) is 11.7. The van der Waals surface area contributed by atoms with Crippen molar-refractivity contribution in [3.05, 3.63) is 23.9 Å². The van der Waals surface area contributed by atoms with E-state index in [1.54, 1.807) is 7.11 Å². The fourth-order valence-electron chi connectivity index (χ4n) is 2.91. The first-order chi connectivity index (χ1) is 12.7. The molecule has 1 N–H and O–H groups in total. The summed E-state index contributed by atoms with van der Waals surface area (Å²) >= 11 is 0. The maximum Gasteiger partial charge on any atom is 0.213 e. The van der Waals surface area contributed by atoms with E-state index in [0.29, 0.717) is 25.6 Å². The van der Waals surface area contributed by atoms with Gasteiger partial charge in [-0.2, -0.15) is 0 Å². The summed E-state index contributed by atoms with van der Waals surface area (Å²) in [6, 6.07) is 3.89. The molecule has 1 saturated heterocycles. The molecule has 1 aromatic rings. The molecule has 7 heteroatoms. The van der Waals surface area contributed by atoms with Crippen molar-refractivity contribution in [1.29, 1.82) is 0 Å². The maximum atomic E-state index is 5.48. The van der Waals surface area contributed by atoms with Crippen molar-refractivity contribution in [1.82, 2.24) is 15.2 Å². The van der Waals surface area contributed by atoms with Crippen molar-refractivity contribution in [2.75, 3.05) is 54.2 Å². The fraction of sp³-hybridized carbons (Fsp3) is 0.684. The lowest BCUT2D eigenvalue weighted by atomic mass is 9.96. The molecular weight excluding hydrogens is 332 g/mol. The summed E-state index contributed by atoms with van der Waals surface area (Å²) in [5.74, 6) is 2.28. The number of nitrogens with one attached hydrogen (secondary N) is 1. The van der Waals surface area contributed by atoms with Crippen molar-refractivity contribution >= 4 is 5.96 Å². The molecule has 1 fully saturated rings. The van der Waals surface area contributed by atoms with Crippen LogP contribution in [0.15, 0.2) is 23.3 Å². The number of methoxy groups -OCH3 is 1. The minimum atomic E-state index is 0.506. The fourth-order valence-corrected chi connectivity index (χ4v) is 2.91. The third-order valence-electron chi connectivity index (χ3n) is 4.57. The van der Waals surface area contributed by atoms with Gasteiger partial charge in [0.15, 0.2) is 5.96 Å². The summed E-state index contributed by atoms with van der Waals surface area (Å²) in [6.45, 7) is 4.54. The predicted octanol–water partition coefficient (Wildman–Crippen LogP) is 1.93. The molecule has 146 valence electrons. The van der Waals surface area contributed by atoms with Crippen molar-refractivity contribution in [2.24, 2.45) is 10.9 Å². The van der Waals surface area contributed by atoms with E-state index >= 15 is 0 Å². The number of pyridine rings is 1. The molecule has 7 nitrogen and oxygen atoms in total. The summed E-state index contributed by atoms with van der Waals surface area (Å²) in [7, 11) is 5.55. The van der Waals surface area contributed by atoms with Crippen molar-refractivity contribution in [2.45, 2.75) is 25.8 Å². The molecule has 0 radical (unpaired) electrons. The third kappa shape index (κ3) is 7.17. The molecule has 26 heavy (non-hydrogen) atoms. The molecule has 0 aromatic carbocycles. The Hall–Kier alpha value is -1.86. The van der Waals surface area contributed by atoms with Crippen LogP contribution in [0.1, 0.15) is 24.8 Å². The topological polar surface area (TPSA) is 68.2 Å². The monoisotopic (exact) mass is 364 g/mol. The number of nitrogens with zero attached hydrogens (tertiary/aromatic N) is 3. The molecule has 2 heterocycles. The van der Waals surface area contributed by atoms with Gasteiger partial charge in [-0.05, 0) is 30.7 Å². The van der Waals surface area contributed by atoms with Gasteiger partial charge in [-0.25, -0.2) is 4.98 Å². The van der Waals surface area contributed by atoms with Crippen molar-refractivity contribution in [3.8, 4) is 5.88 Å². The van der Waals surface area contributed by atoms with Crippen LogP contribution in [0.25, 0.3) is 0 Å². The molecule has 1 aliphatic rings. The quantitative estimate of drug-likeness (QED) is 0.410. The highest BCUT2D eigenvalue weighted by Gasteiger charge is 2.15. The van der Waals surface area contributed by atoms with Gasteiger partial charge in [-0.15, -0.1) is 0 Å². The Balaban J connectivity index is 1.73. The van der Waals surface area contributed by atoms with Gasteiger partial charge in [0, 0.05) is 59.8 Å². The summed E-state index contributed by atoms with van der Waals surface area (Å²) in [5, 5.41) is 3.40. The van der Waals surface area contributed by atoms with E-state index in [1.165, 1.54) is 19.3 Å². The molecule has 0 bridgehead atoms. The zero-order valence-electron chi connectivity index (χ0n) is 16.2. The van der Waals surface area contributed by atoms with Gasteiger partial charge < -0.3 is 24.4 Å². The minimum Gasteiger partial charge on any atom is -0.475 e. The summed E-state index contributed by atoms with van der Waals surface area (Å²) in [4.78, 5) is 10.9. The van der Waals surface area contributed by atoms with Crippen LogP contribution in [0.5, 0.6) is 5.88 Å². The molecule has 0 amide bonds. The molecule has 2 rings (SSSR count). The molecule has 0 unspecified atom stereocenters. The highest BCUT2D eigenvalue weighted by molar-refractivity contribution is 5.79. The van der Waals surface area contributed by atoms with Gasteiger partial charge in [0.1, 0.15) is 6.61 Å². The molecule has 0 spiro atoms. The Labute approximate surface area is 156 Å². The van der Waals surface area contributed by atoms with Crippen LogP contribution >= 0.6 is 0 Å². The van der Waals surface area contributed by atoms with Crippen LogP contribution in [-0.2, 0) is 16.0 Å². The first-order valence-corrected chi connectivity index (χ1v) is 9.29. The van der Waals surface area contributed by atoms with Gasteiger partial charge in [0.25, 0.3) is 0 Å². The van der Waals surface area contributed by atoms with E-state index in [2.05, 4.69) is 27.2 Å². The number of aliphatic imine (C=N–C) groups is 1. The summed E-state index contributed by atoms with van der Waals surface area (Å²) in [6.07, 6.45) is 5.34. The highest BCUT2D eigenvalue weighted by atomic mass is 16.5. The SMILES string of the molecule is CN=C(NCc1ccc(OCCOC)nc1)N(C)CCC1CCOCC1. The Bertz CT molecular complexity index is 530. The minimum absolute atomic E-state index is 0.506. The maximum absolute atomic E-state index is 5.48. The lowest BCUT2D eigenvalue weighted by Crippen LogP contribution is -2.39. The largest absolute Gasteiger partial charge is 0.475 e. The number of hydrogen-bond donors (Lipinski definition) is 1. The first kappa shape index (κ1) is 20.5. The van der Waals surface area contributed by atoms with E-state index in [0.717, 1.165) is 37.2 Å². The smallest absolute Gasteiger partial charge is 0.213 e. The third-order valence-corrected chi connectivity index (χ3v) is 4.57. The molecule has 1 aromatic heterocycles. The summed E-state index contributed by atoms with van der Waals surface area (Å²) in [5.41, 5.74) is 1.09. The molecular formula is C19H32N4O3. The van der Waals surface area contributed by atoms with Crippen LogP contribution < -0.4 is 10.1 Å². The summed E-state index contributed by atoms with van der Waals surface area (Å²) < 4.78 is 15.9. The van der Waals surface area contributed by atoms with Gasteiger partial charge in [0.05, 0.1) is 6.61 Å². The number of aromatic nitrogens is 1. The van der Waals surface area contributed by atoms with E-state index in [1.807, 2.05) is 25.4 Å². The van der Waals surface area contributed by atoms with Crippen LogP contribution in [0.3, 0.4) is 0 Å². The standard InChI is InChI=1S/C19H32N4O3/c1-20-19(23(2)9-6-16-7-10-25-11-8-16)22-15-17-4-5-18(21-14-17)26-13-12-24-3/h4-5,14,16H,6-13,15H2,1-3H3,(H,20,22). The van der Waals surface area contributed by atoms with E-state index < -0.39 is 0 Å². The Morgan fingerprint density at radius 3 is 2.81 bits per heavy atom. The van der Waals surface area contributed by atoms with Crippen LogP contribution in [0, 0.1) is 5.92 Å². The Kier molecular flexibility index (Phi) is 9.20. The van der Waals surface area contributed by atoms with Crippen molar-refractivity contribution < 1.29 is 14.2 Å². The molecule has 0 atom stereocenters. The average molecular weight is 364 g/mol. The van der Waals surface area contributed by atoms with Crippen LogP contribution in [-0.4, -0.2) is 70.0 Å². The number of rotatable bonds is 9. The lowest BCUT2D eigenvalue weighted by Gasteiger charge is -2.26. The van der Waals surface area contributed by atoms with Crippen LogP contribution in [0.2, 0.25) is 0 Å². The van der Waals surface area contributed by atoms with Gasteiger partial charge in [-0.1, -0.05) is 6.07 Å². The molecule has 0 aliphatic carbocycles. The second-order valence-corrected chi connectivity index (χ2v) is 6.51. The average Bonchev–Trinajstić information content (AvgIpc) is 2.69. The van der Waals surface area contributed by atoms with Crippen LogP contribution in [0.4, 0.5) is 0 Å². The van der Waals surface area contributed by atoms with E-state index in [-0.39, 0.29) is 0 Å². The van der Waals surface area contributed by atoms with E-state index in [9.17, 15) is 0 Å².